The maximum Gasteiger partial charge on any atom is 0.336 e. The maximum atomic E-state index is 11.2. The van der Waals surface area contributed by atoms with Gasteiger partial charge < -0.3 is 19.8 Å². The first-order chi connectivity index (χ1) is 8.47. The molecule has 1 aromatic rings. The van der Waals surface area contributed by atoms with Crippen molar-refractivity contribution in [1.82, 2.24) is 4.90 Å². The average Bonchev–Trinajstić information content (AvgIpc) is 2.28. The predicted molar refractivity (Wildman–Crippen MR) is 68.5 cm³/mol. The number of carboxylic acids is 1. The Morgan fingerprint density at radius 2 is 2.06 bits per heavy atom. The van der Waals surface area contributed by atoms with Crippen LogP contribution >= 0.6 is 0 Å². The Morgan fingerprint density at radius 1 is 1.39 bits per heavy atom. The van der Waals surface area contributed by atoms with E-state index in [1.807, 2.05) is 19.0 Å². The molecule has 18 heavy (non-hydrogen) atoms. The Labute approximate surface area is 107 Å². The lowest BCUT2D eigenvalue weighted by Crippen LogP contribution is -2.14. The second kappa shape index (κ2) is 6.26. The van der Waals surface area contributed by atoms with Gasteiger partial charge in [0, 0.05) is 5.56 Å². The number of carbonyl (C=O) groups is 1. The molecule has 0 amide bonds. The molecular weight excluding hydrogens is 234 g/mol. The monoisotopic (exact) mass is 253 g/mol. The van der Waals surface area contributed by atoms with Gasteiger partial charge in [0.2, 0.25) is 0 Å². The van der Waals surface area contributed by atoms with Crippen LogP contribution in [0.1, 0.15) is 22.3 Å². The molecular formula is C13H19NO4. The number of benzene rings is 1. The molecule has 0 saturated carbocycles. The molecule has 0 aliphatic rings. The zero-order valence-electron chi connectivity index (χ0n) is 10.9. The van der Waals surface area contributed by atoms with E-state index < -0.39 is 5.97 Å². The van der Waals surface area contributed by atoms with Crippen LogP contribution in [0.2, 0.25) is 0 Å². The molecule has 5 nitrogen and oxygen atoms in total. The predicted octanol–water partition coefficient (Wildman–Crippen LogP) is 1.59. The first-order valence-corrected chi connectivity index (χ1v) is 5.74. The molecule has 1 aromatic carbocycles. The van der Waals surface area contributed by atoms with E-state index in [1.165, 1.54) is 19.2 Å². The second-order valence-electron chi connectivity index (χ2n) is 4.36. The third kappa shape index (κ3) is 3.37. The molecule has 0 aliphatic carbocycles. The van der Waals surface area contributed by atoms with Crippen molar-refractivity contribution in [1.29, 1.82) is 0 Å². The first-order valence-electron chi connectivity index (χ1n) is 5.74. The van der Waals surface area contributed by atoms with E-state index in [0.29, 0.717) is 12.0 Å². The fourth-order valence-corrected chi connectivity index (χ4v) is 1.86. The number of hydrogen-bond acceptors (Lipinski definition) is 4. The van der Waals surface area contributed by atoms with Crippen molar-refractivity contribution in [2.45, 2.75) is 12.8 Å². The van der Waals surface area contributed by atoms with Gasteiger partial charge in [0.1, 0.15) is 0 Å². The first kappa shape index (κ1) is 14.3. The molecule has 0 aromatic heterocycles. The molecule has 2 N–H and O–H groups in total. The van der Waals surface area contributed by atoms with Gasteiger partial charge in [-0.3, -0.25) is 0 Å². The minimum Gasteiger partial charge on any atom is -0.504 e. The van der Waals surface area contributed by atoms with E-state index in [0.717, 1.165) is 13.0 Å². The van der Waals surface area contributed by atoms with Crippen molar-refractivity contribution in [3.05, 3.63) is 23.3 Å². The maximum absolute atomic E-state index is 11.2. The van der Waals surface area contributed by atoms with Gasteiger partial charge in [-0.1, -0.05) is 0 Å². The number of methoxy groups -OCH3 is 1. The smallest absolute Gasteiger partial charge is 0.336 e. The number of aromatic carboxylic acids is 1. The highest BCUT2D eigenvalue weighted by Crippen LogP contribution is 2.33. The van der Waals surface area contributed by atoms with E-state index in [4.69, 9.17) is 9.84 Å². The van der Waals surface area contributed by atoms with Crippen LogP contribution in [0.4, 0.5) is 0 Å². The second-order valence-corrected chi connectivity index (χ2v) is 4.36. The normalized spacial score (nSPS) is 10.7. The van der Waals surface area contributed by atoms with Crippen molar-refractivity contribution < 1.29 is 19.7 Å². The Hall–Kier alpha value is -1.75. The van der Waals surface area contributed by atoms with Gasteiger partial charge in [-0.05, 0) is 45.6 Å². The number of phenolic OH excluding ortho intramolecular Hbond substituents is 1. The van der Waals surface area contributed by atoms with E-state index in [2.05, 4.69) is 0 Å². The lowest BCUT2D eigenvalue weighted by molar-refractivity contribution is 0.0695. The van der Waals surface area contributed by atoms with Crippen LogP contribution in [0.3, 0.4) is 0 Å². The summed E-state index contributed by atoms with van der Waals surface area (Å²) < 4.78 is 5.10. The summed E-state index contributed by atoms with van der Waals surface area (Å²) in [6.07, 6.45) is 1.35. The zero-order valence-corrected chi connectivity index (χ0v) is 10.9. The van der Waals surface area contributed by atoms with Gasteiger partial charge in [0.25, 0.3) is 0 Å². The van der Waals surface area contributed by atoms with Crippen molar-refractivity contribution in [2.75, 3.05) is 27.7 Å². The fourth-order valence-electron chi connectivity index (χ4n) is 1.86. The minimum atomic E-state index is -1.01. The molecule has 0 atom stereocenters. The molecule has 0 saturated heterocycles. The Bertz CT molecular complexity index is 429. The van der Waals surface area contributed by atoms with Crippen LogP contribution in [-0.2, 0) is 6.42 Å². The third-order valence-corrected chi connectivity index (χ3v) is 2.71. The zero-order chi connectivity index (χ0) is 13.7. The third-order valence-electron chi connectivity index (χ3n) is 2.71. The van der Waals surface area contributed by atoms with E-state index in [1.54, 1.807) is 0 Å². The van der Waals surface area contributed by atoms with E-state index in [-0.39, 0.29) is 17.1 Å². The molecule has 100 valence electrons. The molecule has 0 bridgehead atoms. The highest BCUT2D eigenvalue weighted by atomic mass is 16.5. The van der Waals surface area contributed by atoms with E-state index >= 15 is 0 Å². The minimum absolute atomic E-state index is 0.0256. The molecule has 0 spiro atoms. The molecule has 0 heterocycles. The van der Waals surface area contributed by atoms with Gasteiger partial charge in [-0.25, -0.2) is 4.79 Å². The number of carboxylic acid groups (broad SMARTS) is 1. The van der Waals surface area contributed by atoms with Crippen molar-refractivity contribution >= 4 is 5.97 Å². The summed E-state index contributed by atoms with van der Waals surface area (Å²) in [5, 5.41) is 18.8. The standard InChI is InChI=1S/C13H19NO4/c1-14(2)8-4-5-9-10(13(16)17)6-7-11(15)12(9)18-3/h6-7,15H,4-5,8H2,1-3H3,(H,16,17). The van der Waals surface area contributed by atoms with Crippen molar-refractivity contribution in [3.8, 4) is 11.5 Å². The number of nitrogens with zero attached hydrogens (tertiary/aromatic N) is 1. The molecule has 0 radical (unpaired) electrons. The van der Waals surface area contributed by atoms with Gasteiger partial charge in [-0.2, -0.15) is 0 Å². The number of ether oxygens (including phenoxy) is 1. The molecule has 0 fully saturated rings. The van der Waals surface area contributed by atoms with Gasteiger partial charge in [0.05, 0.1) is 12.7 Å². The summed E-state index contributed by atoms with van der Waals surface area (Å²) in [5.41, 5.74) is 0.732. The summed E-state index contributed by atoms with van der Waals surface area (Å²) in [4.78, 5) is 13.2. The van der Waals surface area contributed by atoms with Gasteiger partial charge in [0.15, 0.2) is 11.5 Å². The van der Waals surface area contributed by atoms with Crippen LogP contribution in [0.25, 0.3) is 0 Å². The molecule has 5 heteroatoms. The lowest BCUT2D eigenvalue weighted by atomic mass is 10.0. The topological polar surface area (TPSA) is 70.0 Å². The molecule has 0 aliphatic heterocycles. The van der Waals surface area contributed by atoms with Crippen LogP contribution in [0, 0.1) is 0 Å². The van der Waals surface area contributed by atoms with Crippen molar-refractivity contribution in [2.24, 2.45) is 0 Å². The number of hydrogen-bond donors (Lipinski definition) is 2. The summed E-state index contributed by atoms with van der Waals surface area (Å²) in [7, 11) is 5.34. The van der Waals surface area contributed by atoms with Crippen molar-refractivity contribution in [3.63, 3.8) is 0 Å². The highest BCUT2D eigenvalue weighted by molar-refractivity contribution is 5.90. The quantitative estimate of drug-likeness (QED) is 0.805. The molecule has 1 rings (SSSR count). The molecule has 0 unspecified atom stereocenters. The summed E-state index contributed by atoms with van der Waals surface area (Å²) in [5.74, 6) is -0.774. The summed E-state index contributed by atoms with van der Waals surface area (Å²) >= 11 is 0. The van der Waals surface area contributed by atoms with E-state index in [9.17, 15) is 9.90 Å². The summed E-state index contributed by atoms with van der Waals surface area (Å²) in [6.45, 7) is 0.845. The largest absolute Gasteiger partial charge is 0.504 e. The highest BCUT2D eigenvalue weighted by Gasteiger charge is 2.17. The van der Waals surface area contributed by atoms with Gasteiger partial charge in [-0.15, -0.1) is 0 Å². The number of rotatable bonds is 6. The SMILES string of the molecule is COc1c(O)ccc(C(=O)O)c1CCCN(C)C. The lowest BCUT2D eigenvalue weighted by Gasteiger charge is -2.14. The van der Waals surface area contributed by atoms with Crippen LogP contribution in [-0.4, -0.2) is 48.8 Å². The average molecular weight is 253 g/mol. The Balaban J connectivity index is 3.03. The van der Waals surface area contributed by atoms with Crippen LogP contribution < -0.4 is 4.74 Å². The van der Waals surface area contributed by atoms with Gasteiger partial charge >= 0.3 is 5.97 Å². The fraction of sp³-hybridized carbons (Fsp3) is 0.462. The van der Waals surface area contributed by atoms with Crippen LogP contribution in [0.5, 0.6) is 11.5 Å². The Kier molecular flexibility index (Phi) is 4.97. The Morgan fingerprint density at radius 3 is 2.56 bits per heavy atom. The van der Waals surface area contributed by atoms with Crippen LogP contribution in [0.15, 0.2) is 12.1 Å². The summed E-state index contributed by atoms with van der Waals surface area (Å²) in [6, 6.07) is 2.75. The number of phenols is 1. The number of aromatic hydroxyl groups is 1.